The molecular formula is C21H31N5O3S. The van der Waals surface area contributed by atoms with Gasteiger partial charge < -0.3 is 9.88 Å². The Bertz CT molecular complexity index is 967. The molecular weight excluding hydrogens is 402 g/mol. The van der Waals surface area contributed by atoms with Gasteiger partial charge >= 0.3 is 0 Å². The molecule has 1 aromatic carbocycles. The largest absolute Gasteiger partial charge is 0.347 e. The first-order chi connectivity index (χ1) is 14.3. The first kappa shape index (κ1) is 22.4. The lowest BCUT2D eigenvalue weighted by atomic mass is 10.0. The normalized spacial score (nSPS) is 15.5. The summed E-state index contributed by atoms with van der Waals surface area (Å²) in [6, 6.07) is 5.72. The number of sulfonamides is 1. The molecule has 0 radical (unpaired) electrons. The van der Waals surface area contributed by atoms with E-state index in [2.05, 4.69) is 24.8 Å². The maximum Gasteiger partial charge on any atom is 0.241 e. The Morgan fingerprint density at radius 2 is 1.87 bits per heavy atom. The number of aryl methyl sites for hydroxylation is 2. The molecule has 1 atom stereocenters. The van der Waals surface area contributed by atoms with E-state index in [0.717, 1.165) is 43.6 Å². The van der Waals surface area contributed by atoms with Gasteiger partial charge in [-0.2, -0.15) is 4.72 Å². The summed E-state index contributed by atoms with van der Waals surface area (Å²) in [5, 5.41) is 11.3. The second-order valence-electron chi connectivity index (χ2n) is 8.33. The van der Waals surface area contributed by atoms with Gasteiger partial charge in [0, 0.05) is 13.0 Å². The van der Waals surface area contributed by atoms with E-state index in [-0.39, 0.29) is 23.3 Å². The quantitative estimate of drug-likeness (QED) is 0.665. The molecule has 0 spiro atoms. The zero-order valence-electron chi connectivity index (χ0n) is 17.9. The van der Waals surface area contributed by atoms with Crippen LogP contribution in [0.3, 0.4) is 0 Å². The number of carbonyl (C=O) groups excluding carboxylic acids is 1. The first-order valence-corrected chi connectivity index (χ1v) is 12.0. The van der Waals surface area contributed by atoms with Crippen LogP contribution < -0.4 is 10.0 Å². The number of amides is 1. The van der Waals surface area contributed by atoms with Crippen LogP contribution in [-0.4, -0.2) is 35.1 Å². The lowest BCUT2D eigenvalue weighted by Crippen LogP contribution is -2.47. The van der Waals surface area contributed by atoms with Gasteiger partial charge in [-0.1, -0.05) is 38.0 Å². The molecule has 1 aromatic heterocycles. The molecule has 2 aromatic rings. The van der Waals surface area contributed by atoms with Gasteiger partial charge in [-0.15, -0.1) is 10.2 Å². The van der Waals surface area contributed by atoms with E-state index in [4.69, 9.17) is 0 Å². The van der Waals surface area contributed by atoms with Crippen LogP contribution in [0.25, 0.3) is 0 Å². The van der Waals surface area contributed by atoms with Gasteiger partial charge in [-0.3, -0.25) is 4.79 Å². The minimum Gasteiger partial charge on any atom is -0.347 e. The van der Waals surface area contributed by atoms with Crippen molar-refractivity contribution in [3.63, 3.8) is 0 Å². The third-order valence-corrected chi connectivity index (χ3v) is 6.75. The Hall–Kier alpha value is -2.26. The molecule has 30 heavy (non-hydrogen) atoms. The number of benzene rings is 1. The van der Waals surface area contributed by atoms with Crippen LogP contribution in [0.5, 0.6) is 0 Å². The summed E-state index contributed by atoms with van der Waals surface area (Å²) in [6.07, 6.45) is 4.62. The van der Waals surface area contributed by atoms with Gasteiger partial charge in [-0.25, -0.2) is 8.42 Å². The van der Waals surface area contributed by atoms with Crippen LogP contribution >= 0.6 is 0 Å². The fourth-order valence-corrected chi connectivity index (χ4v) is 4.83. The Balaban J connectivity index is 1.70. The maximum absolute atomic E-state index is 12.9. The predicted octanol–water partition coefficient (Wildman–Crippen LogP) is 2.32. The maximum atomic E-state index is 12.9. The van der Waals surface area contributed by atoms with E-state index in [1.807, 2.05) is 20.8 Å². The number of nitrogens with zero attached hydrogens (tertiary/aromatic N) is 3. The Morgan fingerprint density at radius 3 is 2.57 bits per heavy atom. The molecule has 1 unspecified atom stereocenters. The summed E-state index contributed by atoms with van der Waals surface area (Å²) in [6.45, 7) is 6.89. The van der Waals surface area contributed by atoms with Crippen molar-refractivity contribution in [3.8, 4) is 0 Å². The van der Waals surface area contributed by atoms with E-state index in [1.54, 1.807) is 24.3 Å². The SMILES string of the molecule is Cc1ccc(S(=O)(=O)NC(CC(C)C)C(=O)NCc2nnc3n2CCCCC3)cc1. The average Bonchev–Trinajstić information content (AvgIpc) is 2.91. The molecule has 3 rings (SSSR count). The minimum atomic E-state index is -3.80. The third-order valence-electron chi connectivity index (χ3n) is 5.26. The van der Waals surface area contributed by atoms with Gasteiger partial charge in [0.2, 0.25) is 15.9 Å². The summed E-state index contributed by atoms with van der Waals surface area (Å²) in [4.78, 5) is 13.0. The smallest absolute Gasteiger partial charge is 0.241 e. The summed E-state index contributed by atoms with van der Waals surface area (Å²) >= 11 is 0. The summed E-state index contributed by atoms with van der Waals surface area (Å²) in [7, 11) is -3.80. The Kier molecular flexibility index (Phi) is 7.25. The van der Waals surface area contributed by atoms with E-state index in [9.17, 15) is 13.2 Å². The third kappa shape index (κ3) is 5.66. The topological polar surface area (TPSA) is 106 Å². The molecule has 0 saturated carbocycles. The van der Waals surface area contributed by atoms with Crippen LogP contribution in [0, 0.1) is 12.8 Å². The second kappa shape index (κ2) is 9.70. The molecule has 0 fully saturated rings. The number of aromatic nitrogens is 3. The van der Waals surface area contributed by atoms with Gasteiger partial charge in [-0.05, 0) is 44.2 Å². The highest BCUT2D eigenvalue weighted by Gasteiger charge is 2.27. The van der Waals surface area contributed by atoms with Crippen molar-refractivity contribution in [2.24, 2.45) is 5.92 Å². The van der Waals surface area contributed by atoms with Crippen LogP contribution in [0.2, 0.25) is 0 Å². The van der Waals surface area contributed by atoms with Crippen molar-refractivity contribution < 1.29 is 13.2 Å². The predicted molar refractivity (Wildman–Crippen MR) is 114 cm³/mol. The Morgan fingerprint density at radius 1 is 1.13 bits per heavy atom. The van der Waals surface area contributed by atoms with Crippen molar-refractivity contribution in [1.29, 1.82) is 0 Å². The van der Waals surface area contributed by atoms with E-state index in [0.29, 0.717) is 12.2 Å². The van der Waals surface area contributed by atoms with Crippen molar-refractivity contribution in [2.75, 3.05) is 0 Å². The first-order valence-electron chi connectivity index (χ1n) is 10.5. The van der Waals surface area contributed by atoms with E-state index in [1.165, 1.54) is 0 Å². The van der Waals surface area contributed by atoms with Crippen LogP contribution in [0.1, 0.15) is 56.7 Å². The van der Waals surface area contributed by atoms with Crippen LogP contribution in [-0.2, 0) is 34.3 Å². The molecule has 1 amide bonds. The number of fused-ring (bicyclic) bond motifs is 1. The number of nitrogens with one attached hydrogen (secondary N) is 2. The highest BCUT2D eigenvalue weighted by Crippen LogP contribution is 2.16. The van der Waals surface area contributed by atoms with Crippen molar-refractivity contribution in [1.82, 2.24) is 24.8 Å². The number of rotatable bonds is 8. The van der Waals surface area contributed by atoms with E-state index < -0.39 is 16.1 Å². The highest BCUT2D eigenvalue weighted by atomic mass is 32.2. The molecule has 1 aliphatic heterocycles. The minimum absolute atomic E-state index is 0.144. The molecule has 2 N–H and O–H groups in total. The molecule has 164 valence electrons. The van der Waals surface area contributed by atoms with Crippen molar-refractivity contribution in [3.05, 3.63) is 41.5 Å². The number of hydrogen-bond donors (Lipinski definition) is 2. The van der Waals surface area contributed by atoms with Crippen molar-refractivity contribution in [2.45, 2.75) is 76.9 Å². The van der Waals surface area contributed by atoms with Crippen LogP contribution in [0.15, 0.2) is 29.2 Å². The average molecular weight is 434 g/mol. The molecule has 2 heterocycles. The standard InChI is InChI=1S/C21H31N5O3S/c1-15(2)13-18(25-30(28,29)17-10-8-16(3)9-11-17)21(27)22-14-20-24-23-19-7-5-4-6-12-26(19)20/h8-11,15,18,25H,4-7,12-14H2,1-3H3,(H,22,27). The monoisotopic (exact) mass is 433 g/mol. The molecule has 0 bridgehead atoms. The van der Waals surface area contributed by atoms with E-state index >= 15 is 0 Å². The summed E-state index contributed by atoms with van der Waals surface area (Å²) < 4.78 is 30.2. The summed E-state index contributed by atoms with van der Waals surface area (Å²) in [5.41, 5.74) is 0.970. The fourth-order valence-electron chi connectivity index (χ4n) is 3.62. The lowest BCUT2D eigenvalue weighted by Gasteiger charge is -2.20. The van der Waals surface area contributed by atoms with Gasteiger partial charge in [0.05, 0.1) is 11.4 Å². The second-order valence-corrected chi connectivity index (χ2v) is 10.0. The molecule has 8 nitrogen and oxygen atoms in total. The number of hydrogen-bond acceptors (Lipinski definition) is 5. The fraction of sp³-hybridized carbons (Fsp3) is 0.571. The molecule has 0 aliphatic carbocycles. The van der Waals surface area contributed by atoms with Gasteiger partial charge in [0.1, 0.15) is 11.9 Å². The zero-order chi connectivity index (χ0) is 21.7. The van der Waals surface area contributed by atoms with Gasteiger partial charge in [0.25, 0.3) is 0 Å². The van der Waals surface area contributed by atoms with Gasteiger partial charge in [0.15, 0.2) is 5.82 Å². The van der Waals surface area contributed by atoms with Crippen molar-refractivity contribution >= 4 is 15.9 Å². The molecule has 0 saturated heterocycles. The van der Waals surface area contributed by atoms with Crippen LogP contribution in [0.4, 0.5) is 0 Å². The molecule has 9 heteroatoms. The lowest BCUT2D eigenvalue weighted by molar-refractivity contribution is -0.123. The molecule has 1 aliphatic rings. The number of carbonyl (C=O) groups is 1. The Labute approximate surface area is 178 Å². The highest BCUT2D eigenvalue weighted by molar-refractivity contribution is 7.89. The summed E-state index contributed by atoms with van der Waals surface area (Å²) in [5.74, 6) is 1.46. The zero-order valence-corrected chi connectivity index (χ0v) is 18.7.